The normalized spacial score (nSPS) is 29.9. The first-order valence-electron chi connectivity index (χ1n) is 8.43. The van der Waals surface area contributed by atoms with Gasteiger partial charge in [0.1, 0.15) is 0 Å². The molecular formula is C17H33N3. The first-order chi connectivity index (χ1) is 9.63. The SMILES string of the molecule is CC1CCC(/C=C/N(C)CCN2CCN(C)CC2)CC1. The van der Waals surface area contributed by atoms with Gasteiger partial charge in [-0.3, -0.25) is 4.90 Å². The van der Waals surface area contributed by atoms with Crippen molar-refractivity contribution >= 4 is 0 Å². The number of nitrogens with zero attached hydrogens (tertiary/aromatic N) is 3. The van der Waals surface area contributed by atoms with Crippen molar-refractivity contribution < 1.29 is 0 Å². The van der Waals surface area contributed by atoms with Crippen LogP contribution < -0.4 is 0 Å². The summed E-state index contributed by atoms with van der Waals surface area (Å²) in [5.41, 5.74) is 0. The van der Waals surface area contributed by atoms with E-state index in [0.29, 0.717) is 0 Å². The molecule has 0 aromatic carbocycles. The van der Waals surface area contributed by atoms with Gasteiger partial charge in [0.2, 0.25) is 0 Å². The largest absolute Gasteiger partial charge is 0.379 e. The summed E-state index contributed by atoms with van der Waals surface area (Å²) < 4.78 is 0. The summed E-state index contributed by atoms with van der Waals surface area (Å²) >= 11 is 0. The highest BCUT2D eigenvalue weighted by Gasteiger charge is 2.16. The lowest BCUT2D eigenvalue weighted by Gasteiger charge is -2.33. The van der Waals surface area contributed by atoms with E-state index in [1.54, 1.807) is 0 Å². The Labute approximate surface area is 125 Å². The molecule has 0 amide bonds. The molecule has 0 unspecified atom stereocenters. The molecule has 1 saturated carbocycles. The van der Waals surface area contributed by atoms with E-state index in [4.69, 9.17) is 0 Å². The third kappa shape index (κ3) is 5.45. The number of allylic oxidation sites excluding steroid dienone is 1. The predicted octanol–water partition coefficient (Wildman–Crippen LogP) is 2.51. The van der Waals surface area contributed by atoms with Gasteiger partial charge in [-0.25, -0.2) is 0 Å². The summed E-state index contributed by atoms with van der Waals surface area (Å²) in [6.07, 6.45) is 10.4. The molecule has 2 fully saturated rings. The molecule has 0 atom stereocenters. The lowest BCUT2D eigenvalue weighted by molar-refractivity contribution is 0.147. The number of piperazine rings is 1. The number of hydrogen-bond acceptors (Lipinski definition) is 3. The highest BCUT2D eigenvalue weighted by molar-refractivity contribution is 4.90. The van der Waals surface area contributed by atoms with E-state index in [0.717, 1.165) is 18.4 Å². The van der Waals surface area contributed by atoms with E-state index < -0.39 is 0 Å². The van der Waals surface area contributed by atoms with Gasteiger partial charge in [0.15, 0.2) is 0 Å². The molecule has 3 nitrogen and oxygen atoms in total. The highest BCUT2D eigenvalue weighted by Crippen LogP contribution is 2.28. The van der Waals surface area contributed by atoms with Gasteiger partial charge in [0.25, 0.3) is 0 Å². The van der Waals surface area contributed by atoms with E-state index in [1.165, 1.54) is 58.4 Å². The van der Waals surface area contributed by atoms with Crippen LogP contribution in [0.3, 0.4) is 0 Å². The molecule has 1 saturated heterocycles. The fourth-order valence-electron chi connectivity index (χ4n) is 3.19. The molecule has 1 heterocycles. The minimum Gasteiger partial charge on any atom is -0.379 e. The first kappa shape index (κ1) is 15.8. The topological polar surface area (TPSA) is 9.72 Å². The molecular weight excluding hydrogens is 246 g/mol. The van der Waals surface area contributed by atoms with Crippen molar-refractivity contribution in [3.05, 3.63) is 12.3 Å². The average Bonchev–Trinajstić information content (AvgIpc) is 2.46. The Bertz CT molecular complexity index is 287. The fraction of sp³-hybridized carbons (Fsp3) is 0.882. The molecule has 0 radical (unpaired) electrons. The van der Waals surface area contributed by atoms with Crippen LogP contribution >= 0.6 is 0 Å². The van der Waals surface area contributed by atoms with Crippen LogP contribution in [0.15, 0.2) is 12.3 Å². The van der Waals surface area contributed by atoms with Gasteiger partial charge in [-0.05, 0) is 37.9 Å². The molecule has 116 valence electrons. The van der Waals surface area contributed by atoms with Crippen LogP contribution in [0.25, 0.3) is 0 Å². The smallest absolute Gasteiger partial charge is 0.0296 e. The maximum Gasteiger partial charge on any atom is 0.0296 e. The van der Waals surface area contributed by atoms with Crippen molar-refractivity contribution in [1.29, 1.82) is 0 Å². The summed E-state index contributed by atoms with van der Waals surface area (Å²) in [6.45, 7) is 9.66. The van der Waals surface area contributed by atoms with Crippen molar-refractivity contribution in [1.82, 2.24) is 14.7 Å². The van der Waals surface area contributed by atoms with Crippen LogP contribution in [-0.4, -0.2) is 68.1 Å². The number of rotatable bonds is 5. The molecule has 1 aliphatic heterocycles. The van der Waals surface area contributed by atoms with E-state index in [2.05, 4.69) is 48.0 Å². The van der Waals surface area contributed by atoms with Gasteiger partial charge in [0.05, 0.1) is 0 Å². The monoisotopic (exact) mass is 279 g/mol. The highest BCUT2D eigenvalue weighted by atomic mass is 15.3. The van der Waals surface area contributed by atoms with Crippen molar-refractivity contribution in [2.75, 3.05) is 53.4 Å². The second kappa shape index (κ2) is 8.04. The molecule has 20 heavy (non-hydrogen) atoms. The third-order valence-corrected chi connectivity index (χ3v) is 5.04. The molecule has 1 aliphatic carbocycles. The Morgan fingerprint density at radius 3 is 2.35 bits per heavy atom. The lowest BCUT2D eigenvalue weighted by atomic mass is 9.83. The van der Waals surface area contributed by atoms with Gasteiger partial charge in [-0.2, -0.15) is 0 Å². The van der Waals surface area contributed by atoms with Crippen molar-refractivity contribution in [2.45, 2.75) is 32.6 Å². The molecule has 0 bridgehead atoms. The Morgan fingerprint density at radius 1 is 1.05 bits per heavy atom. The molecule has 0 aromatic heterocycles. The van der Waals surface area contributed by atoms with Crippen molar-refractivity contribution in [3.8, 4) is 0 Å². The molecule has 2 rings (SSSR count). The average molecular weight is 279 g/mol. The maximum absolute atomic E-state index is 2.59. The zero-order valence-electron chi connectivity index (χ0n) is 13.7. The zero-order chi connectivity index (χ0) is 14.4. The van der Waals surface area contributed by atoms with Gasteiger partial charge >= 0.3 is 0 Å². The van der Waals surface area contributed by atoms with Crippen LogP contribution in [0.4, 0.5) is 0 Å². The summed E-state index contributed by atoms with van der Waals surface area (Å²) in [5.74, 6) is 1.78. The Kier molecular flexibility index (Phi) is 6.37. The molecule has 0 N–H and O–H groups in total. The summed E-state index contributed by atoms with van der Waals surface area (Å²) in [7, 11) is 4.44. The third-order valence-electron chi connectivity index (χ3n) is 5.04. The van der Waals surface area contributed by atoms with Crippen LogP contribution in [-0.2, 0) is 0 Å². The van der Waals surface area contributed by atoms with Crippen LogP contribution in [0.2, 0.25) is 0 Å². The minimum absolute atomic E-state index is 0.831. The predicted molar refractivity (Wildman–Crippen MR) is 86.8 cm³/mol. The number of hydrogen-bond donors (Lipinski definition) is 0. The Hall–Kier alpha value is -0.540. The van der Waals surface area contributed by atoms with Gasteiger partial charge in [-0.1, -0.05) is 25.8 Å². The van der Waals surface area contributed by atoms with E-state index in [-0.39, 0.29) is 0 Å². The van der Waals surface area contributed by atoms with E-state index in [9.17, 15) is 0 Å². The molecule has 0 aromatic rings. The molecule has 0 spiro atoms. The second-order valence-corrected chi connectivity index (χ2v) is 6.99. The summed E-state index contributed by atoms with van der Waals surface area (Å²) in [4.78, 5) is 7.38. The number of likely N-dealkylation sites (N-methyl/N-ethyl adjacent to an activating group) is 2. The van der Waals surface area contributed by atoms with Crippen molar-refractivity contribution in [2.24, 2.45) is 11.8 Å². The maximum atomic E-state index is 2.59. The van der Waals surface area contributed by atoms with Gasteiger partial charge < -0.3 is 9.80 Å². The van der Waals surface area contributed by atoms with Crippen LogP contribution in [0.5, 0.6) is 0 Å². The van der Waals surface area contributed by atoms with Gasteiger partial charge in [0, 0.05) is 46.3 Å². The Balaban J connectivity index is 1.61. The standard InChI is InChI=1S/C17H33N3/c1-16-4-6-17(7-5-16)8-9-18(2)10-13-20-14-11-19(3)12-15-20/h8-9,16-17H,4-7,10-15H2,1-3H3/b9-8+. The fourth-order valence-corrected chi connectivity index (χ4v) is 3.19. The van der Waals surface area contributed by atoms with Crippen LogP contribution in [0.1, 0.15) is 32.6 Å². The van der Waals surface area contributed by atoms with Crippen molar-refractivity contribution in [3.63, 3.8) is 0 Å². The van der Waals surface area contributed by atoms with Crippen LogP contribution in [0, 0.1) is 11.8 Å². The Morgan fingerprint density at radius 2 is 1.70 bits per heavy atom. The first-order valence-corrected chi connectivity index (χ1v) is 8.43. The minimum atomic E-state index is 0.831. The van der Waals surface area contributed by atoms with E-state index in [1.807, 2.05) is 0 Å². The molecule has 2 aliphatic rings. The zero-order valence-corrected chi connectivity index (χ0v) is 13.7. The summed E-state index contributed by atoms with van der Waals surface area (Å²) in [5, 5.41) is 0. The molecule has 3 heteroatoms. The summed E-state index contributed by atoms with van der Waals surface area (Å²) in [6, 6.07) is 0. The lowest BCUT2D eigenvalue weighted by Crippen LogP contribution is -2.46. The quantitative estimate of drug-likeness (QED) is 0.765. The van der Waals surface area contributed by atoms with Gasteiger partial charge in [-0.15, -0.1) is 0 Å². The van der Waals surface area contributed by atoms with E-state index >= 15 is 0 Å². The second-order valence-electron chi connectivity index (χ2n) is 6.99.